The summed E-state index contributed by atoms with van der Waals surface area (Å²) in [4.78, 5) is 32.6. The van der Waals surface area contributed by atoms with Crippen LogP contribution in [0.1, 0.15) is 18.9 Å². The summed E-state index contributed by atoms with van der Waals surface area (Å²) in [7, 11) is 0. The molecule has 1 unspecified atom stereocenters. The molecule has 28 heavy (non-hydrogen) atoms. The van der Waals surface area contributed by atoms with E-state index in [1.807, 2.05) is 61.5 Å². The van der Waals surface area contributed by atoms with Crippen molar-refractivity contribution in [1.82, 2.24) is 5.32 Å². The predicted molar refractivity (Wildman–Crippen MR) is 110 cm³/mol. The lowest BCUT2D eigenvalue weighted by Gasteiger charge is -2.10. The molecule has 2 amide bonds. The topological polar surface area (TPSA) is 121 Å². The normalized spacial score (nSPS) is 16.3. The summed E-state index contributed by atoms with van der Waals surface area (Å²) in [5.41, 5.74) is 8.37. The summed E-state index contributed by atoms with van der Waals surface area (Å²) >= 11 is 0. The number of anilines is 2. The van der Waals surface area contributed by atoms with E-state index in [9.17, 15) is 9.59 Å². The van der Waals surface area contributed by atoms with Crippen LogP contribution in [0.3, 0.4) is 0 Å². The smallest absolute Gasteiger partial charge is 0.252 e. The number of carbonyl (C=O) groups excluding carboxylic acids is 2. The van der Waals surface area contributed by atoms with Crippen molar-refractivity contribution < 1.29 is 9.59 Å². The molecule has 1 atom stereocenters. The first-order valence-electron chi connectivity index (χ1n) is 8.98. The zero-order valence-electron chi connectivity index (χ0n) is 15.5. The van der Waals surface area contributed by atoms with E-state index in [1.54, 1.807) is 0 Å². The minimum atomic E-state index is -0.836. The monoisotopic (exact) mass is 378 g/mol. The molecule has 2 aromatic carbocycles. The van der Waals surface area contributed by atoms with Crippen LogP contribution in [0.2, 0.25) is 0 Å². The van der Waals surface area contributed by atoms with Crippen LogP contribution >= 0.6 is 0 Å². The second-order valence-corrected chi connectivity index (χ2v) is 6.21. The summed E-state index contributed by atoms with van der Waals surface area (Å²) in [5, 5.41) is 8.27. The molecule has 0 fully saturated rings. The number of hydrogen-bond donors (Lipinski definition) is 4. The Balaban J connectivity index is 1.61. The molecule has 0 saturated carbocycles. The number of guanidine groups is 2. The Morgan fingerprint density at radius 3 is 2.61 bits per heavy atom. The average molecular weight is 378 g/mol. The van der Waals surface area contributed by atoms with Crippen molar-refractivity contribution in [3.63, 3.8) is 0 Å². The van der Waals surface area contributed by atoms with E-state index in [4.69, 9.17) is 5.73 Å². The first-order valence-corrected chi connectivity index (χ1v) is 8.98. The quantitative estimate of drug-likeness (QED) is 0.469. The highest BCUT2D eigenvalue weighted by Crippen LogP contribution is 2.16. The first kappa shape index (κ1) is 19.1. The lowest BCUT2D eigenvalue weighted by molar-refractivity contribution is -0.123. The number of nitrogens with zero attached hydrogens (tertiary/aromatic N) is 2. The lowest BCUT2D eigenvalue weighted by atomic mass is 10.1. The third-order valence-corrected chi connectivity index (χ3v) is 4.14. The van der Waals surface area contributed by atoms with Crippen molar-refractivity contribution in [2.24, 2.45) is 15.7 Å². The van der Waals surface area contributed by atoms with E-state index in [0.717, 1.165) is 23.4 Å². The first-order chi connectivity index (χ1) is 13.5. The van der Waals surface area contributed by atoms with Crippen molar-refractivity contribution >= 4 is 35.1 Å². The number of benzene rings is 2. The van der Waals surface area contributed by atoms with Crippen LogP contribution in [0.4, 0.5) is 11.4 Å². The number of para-hydroxylation sites is 2. The van der Waals surface area contributed by atoms with Gasteiger partial charge in [-0.1, -0.05) is 43.3 Å². The maximum absolute atomic E-state index is 12.3. The number of nitrogens with two attached hydrogens (primary N) is 1. The van der Waals surface area contributed by atoms with Crippen LogP contribution in [0.5, 0.6) is 0 Å². The van der Waals surface area contributed by atoms with Crippen LogP contribution in [-0.2, 0) is 16.0 Å². The van der Waals surface area contributed by atoms with Gasteiger partial charge in [0.05, 0.1) is 6.42 Å². The Kier molecular flexibility index (Phi) is 6.01. The number of aryl methyl sites for hydroxylation is 1. The van der Waals surface area contributed by atoms with Gasteiger partial charge in [0, 0.05) is 11.4 Å². The van der Waals surface area contributed by atoms with Gasteiger partial charge in [0.15, 0.2) is 0 Å². The van der Waals surface area contributed by atoms with Crippen LogP contribution in [0, 0.1) is 0 Å². The standard InChI is InChI=1S/C20H22N6O2/c1-2-13-8-6-7-11-15(13)23-17(27)12-16-18(28)25-20(24-16)26-19(21)22-14-9-4-3-5-10-14/h3-11,16H,2,12H2,1H3,(H,23,27)(H4,21,22,24,25,26,28). The molecule has 8 nitrogen and oxygen atoms in total. The fourth-order valence-corrected chi connectivity index (χ4v) is 2.77. The van der Waals surface area contributed by atoms with Crippen molar-refractivity contribution in [2.45, 2.75) is 25.8 Å². The molecule has 2 aromatic rings. The molecule has 1 heterocycles. The number of carbonyl (C=O) groups is 2. The van der Waals surface area contributed by atoms with Gasteiger partial charge in [-0.15, -0.1) is 0 Å². The van der Waals surface area contributed by atoms with Gasteiger partial charge < -0.3 is 16.4 Å². The van der Waals surface area contributed by atoms with Gasteiger partial charge in [-0.3, -0.25) is 14.9 Å². The number of aliphatic imine (C=N–C) groups is 2. The Morgan fingerprint density at radius 1 is 1.14 bits per heavy atom. The molecular weight excluding hydrogens is 356 g/mol. The van der Waals surface area contributed by atoms with Crippen LogP contribution < -0.4 is 21.7 Å². The Morgan fingerprint density at radius 2 is 1.86 bits per heavy atom. The fraction of sp³-hybridized carbons (Fsp3) is 0.200. The Hall–Kier alpha value is -3.68. The summed E-state index contributed by atoms with van der Waals surface area (Å²) in [6, 6.07) is 16.0. The van der Waals surface area contributed by atoms with E-state index >= 15 is 0 Å². The minimum absolute atomic E-state index is 0.0745. The van der Waals surface area contributed by atoms with Crippen molar-refractivity contribution in [1.29, 1.82) is 0 Å². The van der Waals surface area contributed by atoms with Crippen LogP contribution in [0.15, 0.2) is 64.6 Å². The van der Waals surface area contributed by atoms with Crippen LogP contribution in [-0.4, -0.2) is 29.8 Å². The number of amides is 2. The average Bonchev–Trinajstić information content (AvgIpc) is 3.01. The zero-order valence-corrected chi connectivity index (χ0v) is 15.5. The largest absolute Gasteiger partial charge is 0.369 e. The maximum atomic E-state index is 12.3. The minimum Gasteiger partial charge on any atom is -0.369 e. The summed E-state index contributed by atoms with van der Waals surface area (Å²) in [6.45, 7) is 2.01. The summed E-state index contributed by atoms with van der Waals surface area (Å²) in [6.07, 6.45) is 0.722. The molecule has 0 aliphatic carbocycles. The van der Waals surface area contributed by atoms with Gasteiger partial charge in [-0.2, -0.15) is 4.99 Å². The van der Waals surface area contributed by atoms with E-state index in [0.29, 0.717) is 0 Å². The van der Waals surface area contributed by atoms with Crippen molar-refractivity contribution in [3.8, 4) is 0 Å². The van der Waals surface area contributed by atoms with E-state index in [-0.39, 0.29) is 30.2 Å². The summed E-state index contributed by atoms with van der Waals surface area (Å²) in [5.74, 6) is -0.500. The number of hydrogen-bond acceptors (Lipinski definition) is 4. The number of rotatable bonds is 5. The van der Waals surface area contributed by atoms with E-state index in [1.165, 1.54) is 0 Å². The molecule has 0 aromatic heterocycles. The third-order valence-electron chi connectivity index (χ3n) is 4.14. The van der Waals surface area contributed by atoms with Gasteiger partial charge >= 0.3 is 0 Å². The molecular formula is C20H22N6O2. The predicted octanol–water partition coefficient (Wildman–Crippen LogP) is 1.86. The molecule has 144 valence electrons. The highest BCUT2D eigenvalue weighted by atomic mass is 16.2. The Bertz CT molecular complexity index is 923. The van der Waals surface area contributed by atoms with Gasteiger partial charge in [-0.25, -0.2) is 4.99 Å². The van der Waals surface area contributed by atoms with Crippen molar-refractivity contribution in [3.05, 3.63) is 60.2 Å². The molecule has 1 aliphatic heterocycles. The second kappa shape index (κ2) is 8.81. The molecule has 1 aliphatic rings. The highest BCUT2D eigenvalue weighted by molar-refractivity contribution is 6.11. The fourth-order valence-electron chi connectivity index (χ4n) is 2.77. The molecule has 5 N–H and O–H groups in total. The SMILES string of the molecule is CCc1ccccc1NC(=O)CC1N=C(/N=C(\N)Nc2ccccc2)NC1=O. The lowest BCUT2D eigenvalue weighted by Crippen LogP contribution is -2.32. The zero-order chi connectivity index (χ0) is 19.9. The highest BCUT2D eigenvalue weighted by Gasteiger charge is 2.28. The third kappa shape index (κ3) is 4.94. The molecule has 3 rings (SSSR count). The number of nitrogens with one attached hydrogen (secondary N) is 3. The van der Waals surface area contributed by atoms with Crippen molar-refractivity contribution in [2.75, 3.05) is 10.6 Å². The molecule has 0 saturated heterocycles. The molecule has 0 spiro atoms. The molecule has 0 bridgehead atoms. The second-order valence-electron chi connectivity index (χ2n) is 6.21. The van der Waals surface area contributed by atoms with Crippen LogP contribution in [0.25, 0.3) is 0 Å². The van der Waals surface area contributed by atoms with Gasteiger partial charge in [0.1, 0.15) is 6.04 Å². The van der Waals surface area contributed by atoms with Gasteiger partial charge in [0.25, 0.3) is 5.91 Å². The maximum Gasteiger partial charge on any atom is 0.252 e. The van der Waals surface area contributed by atoms with Gasteiger partial charge in [-0.05, 0) is 30.2 Å². The molecule has 8 heteroatoms. The van der Waals surface area contributed by atoms with E-state index < -0.39 is 6.04 Å². The molecule has 0 radical (unpaired) electrons. The van der Waals surface area contributed by atoms with Gasteiger partial charge in [0.2, 0.25) is 17.8 Å². The summed E-state index contributed by atoms with van der Waals surface area (Å²) < 4.78 is 0. The van der Waals surface area contributed by atoms with E-state index in [2.05, 4.69) is 25.9 Å². The Labute approximate surface area is 163 Å².